The van der Waals surface area contributed by atoms with Crippen LogP contribution in [0.3, 0.4) is 0 Å². The highest BCUT2D eigenvalue weighted by Crippen LogP contribution is 2.17. The third-order valence-corrected chi connectivity index (χ3v) is 3.12. The van der Waals surface area contributed by atoms with E-state index in [0.717, 1.165) is 5.56 Å². The van der Waals surface area contributed by atoms with E-state index < -0.39 is 11.8 Å². The monoisotopic (exact) mass is 273 g/mol. The van der Waals surface area contributed by atoms with Crippen LogP contribution < -0.4 is 5.32 Å². The van der Waals surface area contributed by atoms with Crippen LogP contribution in [0.4, 0.5) is 10.1 Å². The lowest BCUT2D eigenvalue weighted by Crippen LogP contribution is -2.07. The standard InChI is InChI=1S/C16H16FNO2/c1-11-5-3-4-6-12(11)10-18-13-7-8-15(17)14(9-13)16(19)20-2/h3-9,18H,10H2,1-2H3. The molecule has 0 saturated carbocycles. The van der Waals surface area contributed by atoms with Crippen molar-refractivity contribution in [1.82, 2.24) is 0 Å². The van der Waals surface area contributed by atoms with E-state index in [1.165, 1.54) is 24.8 Å². The molecule has 0 aromatic heterocycles. The number of rotatable bonds is 4. The minimum atomic E-state index is -0.679. The van der Waals surface area contributed by atoms with Crippen molar-refractivity contribution in [3.8, 4) is 0 Å². The number of carbonyl (C=O) groups excluding carboxylic acids is 1. The summed E-state index contributed by atoms with van der Waals surface area (Å²) in [6.45, 7) is 2.64. The summed E-state index contributed by atoms with van der Waals surface area (Å²) in [6.07, 6.45) is 0. The number of esters is 1. The fourth-order valence-corrected chi connectivity index (χ4v) is 1.91. The Morgan fingerprint density at radius 1 is 1.25 bits per heavy atom. The lowest BCUT2D eigenvalue weighted by molar-refractivity contribution is 0.0595. The summed E-state index contributed by atoms with van der Waals surface area (Å²) >= 11 is 0. The van der Waals surface area contributed by atoms with Crippen LogP contribution in [0, 0.1) is 12.7 Å². The van der Waals surface area contributed by atoms with Gasteiger partial charge in [0.05, 0.1) is 12.7 Å². The summed E-state index contributed by atoms with van der Waals surface area (Å²) in [5.74, 6) is -1.26. The maximum Gasteiger partial charge on any atom is 0.340 e. The van der Waals surface area contributed by atoms with Crippen LogP contribution in [0.2, 0.25) is 0 Å². The molecule has 0 unspecified atom stereocenters. The highest BCUT2D eigenvalue weighted by Gasteiger charge is 2.12. The molecule has 0 heterocycles. The Hall–Kier alpha value is -2.36. The first-order valence-electron chi connectivity index (χ1n) is 6.28. The Bertz CT molecular complexity index is 626. The van der Waals surface area contributed by atoms with Crippen molar-refractivity contribution in [1.29, 1.82) is 0 Å². The first-order chi connectivity index (χ1) is 9.61. The molecule has 0 saturated heterocycles. The molecule has 0 atom stereocenters. The molecule has 0 aliphatic rings. The van der Waals surface area contributed by atoms with Gasteiger partial charge in [-0.1, -0.05) is 24.3 Å². The first kappa shape index (κ1) is 14.1. The number of ether oxygens (including phenoxy) is 1. The molecule has 4 heteroatoms. The van der Waals surface area contributed by atoms with Crippen molar-refractivity contribution in [3.63, 3.8) is 0 Å². The highest BCUT2D eigenvalue weighted by molar-refractivity contribution is 5.90. The van der Waals surface area contributed by atoms with E-state index in [-0.39, 0.29) is 5.56 Å². The van der Waals surface area contributed by atoms with E-state index in [1.54, 1.807) is 6.07 Å². The Morgan fingerprint density at radius 3 is 2.70 bits per heavy atom. The summed E-state index contributed by atoms with van der Waals surface area (Å²) in [6, 6.07) is 12.3. The second kappa shape index (κ2) is 6.19. The van der Waals surface area contributed by atoms with E-state index in [9.17, 15) is 9.18 Å². The van der Waals surface area contributed by atoms with Gasteiger partial charge in [0.25, 0.3) is 0 Å². The zero-order valence-corrected chi connectivity index (χ0v) is 11.4. The van der Waals surface area contributed by atoms with Crippen molar-refractivity contribution >= 4 is 11.7 Å². The van der Waals surface area contributed by atoms with Crippen molar-refractivity contribution in [2.24, 2.45) is 0 Å². The lowest BCUT2D eigenvalue weighted by Gasteiger charge is -2.10. The molecule has 0 aliphatic carbocycles. The van der Waals surface area contributed by atoms with Crippen LogP contribution in [0.1, 0.15) is 21.5 Å². The molecule has 20 heavy (non-hydrogen) atoms. The number of aryl methyl sites for hydroxylation is 1. The number of nitrogens with one attached hydrogen (secondary N) is 1. The average Bonchev–Trinajstić information content (AvgIpc) is 2.47. The van der Waals surface area contributed by atoms with Crippen molar-refractivity contribution < 1.29 is 13.9 Å². The van der Waals surface area contributed by atoms with Gasteiger partial charge in [-0.15, -0.1) is 0 Å². The molecule has 0 bridgehead atoms. The number of hydrogen-bond acceptors (Lipinski definition) is 3. The summed E-state index contributed by atoms with van der Waals surface area (Å²) < 4.78 is 18.1. The van der Waals surface area contributed by atoms with E-state index >= 15 is 0 Å². The average molecular weight is 273 g/mol. The minimum Gasteiger partial charge on any atom is -0.465 e. The quantitative estimate of drug-likeness (QED) is 0.866. The van der Waals surface area contributed by atoms with Crippen LogP contribution >= 0.6 is 0 Å². The maximum atomic E-state index is 13.5. The van der Waals surface area contributed by atoms with Gasteiger partial charge in [0.2, 0.25) is 0 Å². The Balaban J connectivity index is 2.14. The topological polar surface area (TPSA) is 38.3 Å². The Morgan fingerprint density at radius 2 is 2.00 bits per heavy atom. The molecule has 0 fully saturated rings. The van der Waals surface area contributed by atoms with Gasteiger partial charge in [0.15, 0.2) is 0 Å². The van der Waals surface area contributed by atoms with Crippen LogP contribution in [-0.2, 0) is 11.3 Å². The minimum absolute atomic E-state index is 0.0673. The van der Waals surface area contributed by atoms with E-state index in [0.29, 0.717) is 12.2 Å². The van der Waals surface area contributed by atoms with Gasteiger partial charge < -0.3 is 10.1 Å². The molecule has 0 amide bonds. The number of methoxy groups -OCH3 is 1. The number of carbonyl (C=O) groups is 1. The third-order valence-electron chi connectivity index (χ3n) is 3.12. The van der Waals surface area contributed by atoms with Gasteiger partial charge in [0, 0.05) is 12.2 Å². The van der Waals surface area contributed by atoms with Gasteiger partial charge in [-0.2, -0.15) is 0 Å². The molecule has 0 aliphatic heterocycles. The number of anilines is 1. The molecular weight excluding hydrogens is 257 g/mol. The Labute approximate surface area is 117 Å². The molecule has 0 radical (unpaired) electrons. The predicted octanol–water partition coefficient (Wildman–Crippen LogP) is 3.53. The molecule has 104 valence electrons. The summed E-state index contributed by atoms with van der Waals surface area (Å²) in [5.41, 5.74) is 2.93. The van der Waals surface area contributed by atoms with E-state index in [1.807, 2.05) is 31.2 Å². The number of hydrogen-bond donors (Lipinski definition) is 1. The smallest absolute Gasteiger partial charge is 0.340 e. The van der Waals surface area contributed by atoms with Crippen LogP contribution in [0.5, 0.6) is 0 Å². The maximum absolute atomic E-state index is 13.5. The molecule has 0 spiro atoms. The van der Waals surface area contributed by atoms with Gasteiger partial charge in [-0.3, -0.25) is 0 Å². The van der Waals surface area contributed by atoms with Crippen molar-refractivity contribution in [2.75, 3.05) is 12.4 Å². The van der Waals surface area contributed by atoms with Gasteiger partial charge in [0.1, 0.15) is 5.82 Å². The second-order valence-electron chi connectivity index (χ2n) is 4.47. The predicted molar refractivity (Wildman–Crippen MR) is 76.2 cm³/mol. The van der Waals surface area contributed by atoms with E-state index in [4.69, 9.17) is 0 Å². The second-order valence-corrected chi connectivity index (χ2v) is 4.47. The highest BCUT2D eigenvalue weighted by atomic mass is 19.1. The Kier molecular flexibility index (Phi) is 4.35. The largest absolute Gasteiger partial charge is 0.465 e. The zero-order valence-electron chi connectivity index (χ0n) is 11.4. The van der Waals surface area contributed by atoms with Crippen LogP contribution in [0.15, 0.2) is 42.5 Å². The first-order valence-corrected chi connectivity index (χ1v) is 6.28. The number of halogens is 1. The fraction of sp³-hybridized carbons (Fsp3) is 0.188. The molecular formula is C16H16FNO2. The molecule has 1 N–H and O–H groups in total. The summed E-state index contributed by atoms with van der Waals surface area (Å²) in [4.78, 5) is 11.4. The molecule has 3 nitrogen and oxygen atoms in total. The van der Waals surface area contributed by atoms with Crippen LogP contribution in [0.25, 0.3) is 0 Å². The molecule has 2 aromatic carbocycles. The normalized spacial score (nSPS) is 10.2. The summed E-state index contributed by atoms with van der Waals surface area (Å²) in [7, 11) is 1.23. The molecule has 2 aromatic rings. The molecule has 2 rings (SSSR count). The SMILES string of the molecule is COC(=O)c1cc(NCc2ccccc2C)ccc1F. The number of benzene rings is 2. The lowest BCUT2D eigenvalue weighted by atomic mass is 10.1. The third kappa shape index (κ3) is 3.15. The van der Waals surface area contributed by atoms with Crippen LogP contribution in [-0.4, -0.2) is 13.1 Å². The van der Waals surface area contributed by atoms with Crippen molar-refractivity contribution in [2.45, 2.75) is 13.5 Å². The van der Waals surface area contributed by atoms with Gasteiger partial charge in [-0.05, 0) is 36.2 Å². The fourth-order valence-electron chi connectivity index (χ4n) is 1.91. The van der Waals surface area contributed by atoms with Crippen molar-refractivity contribution in [3.05, 3.63) is 65.0 Å². The van der Waals surface area contributed by atoms with E-state index in [2.05, 4.69) is 10.1 Å². The summed E-state index contributed by atoms with van der Waals surface area (Å²) in [5, 5.41) is 3.17. The van der Waals surface area contributed by atoms with Gasteiger partial charge >= 0.3 is 5.97 Å². The van der Waals surface area contributed by atoms with Gasteiger partial charge in [-0.25, -0.2) is 9.18 Å². The zero-order chi connectivity index (χ0) is 14.5.